The second-order valence-electron chi connectivity index (χ2n) is 2.08. The Labute approximate surface area is 54.3 Å². The normalized spacial score (nSPS) is 18.9. The lowest BCUT2D eigenvalue weighted by molar-refractivity contribution is 0.739. The third-order valence-corrected chi connectivity index (χ3v) is 1.36. The van der Waals surface area contributed by atoms with Crippen molar-refractivity contribution in [3.63, 3.8) is 0 Å². The van der Waals surface area contributed by atoms with Gasteiger partial charge in [-0.15, -0.1) is 0 Å². The van der Waals surface area contributed by atoms with E-state index in [0.717, 1.165) is 18.5 Å². The van der Waals surface area contributed by atoms with Crippen LogP contribution in [0.2, 0.25) is 0 Å². The van der Waals surface area contributed by atoms with E-state index in [1.54, 1.807) is 0 Å². The van der Waals surface area contributed by atoms with Crippen molar-refractivity contribution in [2.75, 3.05) is 0 Å². The van der Waals surface area contributed by atoms with Crippen LogP contribution in [0, 0.1) is 0 Å². The molecule has 0 radical (unpaired) electrons. The lowest BCUT2D eigenvalue weighted by atomic mass is 10.2. The van der Waals surface area contributed by atoms with Gasteiger partial charge in [0.25, 0.3) is 0 Å². The van der Waals surface area contributed by atoms with Crippen LogP contribution < -0.4 is 0 Å². The molecule has 0 fully saturated rings. The minimum absolute atomic E-state index is 0.214. The van der Waals surface area contributed by atoms with E-state index in [4.69, 9.17) is 0 Å². The predicted molar refractivity (Wildman–Crippen MR) is 36.2 cm³/mol. The highest BCUT2D eigenvalue weighted by Crippen LogP contribution is 2.13. The topological polar surface area (TPSA) is 12.4 Å². The van der Waals surface area contributed by atoms with Crippen LogP contribution in [0.1, 0.15) is 26.2 Å². The van der Waals surface area contributed by atoms with E-state index in [9.17, 15) is 4.39 Å². The minimum Gasteiger partial charge on any atom is -0.229 e. The number of rotatable bonds is 1. The maximum atomic E-state index is 12.3. The molecule has 1 aliphatic heterocycles. The van der Waals surface area contributed by atoms with E-state index in [0.29, 0.717) is 6.42 Å². The fourth-order valence-electron chi connectivity index (χ4n) is 0.839. The second-order valence-corrected chi connectivity index (χ2v) is 2.08. The van der Waals surface area contributed by atoms with E-state index in [1.165, 1.54) is 0 Å². The quantitative estimate of drug-likeness (QED) is 0.513. The highest BCUT2D eigenvalue weighted by atomic mass is 19.1. The molecular weight excluding hydrogens is 117 g/mol. The fraction of sp³-hybridized carbons (Fsp3) is 0.571. The largest absolute Gasteiger partial charge is 0.229 e. The Hall–Kier alpha value is -0.660. The summed E-state index contributed by atoms with van der Waals surface area (Å²) in [7, 11) is 0. The summed E-state index contributed by atoms with van der Waals surface area (Å²) >= 11 is 0. The number of allylic oxidation sites excluding steroid dienone is 2. The number of hydrogen-bond acceptors (Lipinski definition) is 1. The molecule has 0 saturated heterocycles. The molecule has 0 spiro atoms. The molecule has 1 nitrogen and oxygen atoms in total. The molecule has 0 aliphatic carbocycles. The van der Waals surface area contributed by atoms with Gasteiger partial charge in [-0.3, -0.25) is 0 Å². The molecule has 0 aromatic heterocycles. The molecule has 2 heteroatoms. The first-order valence-corrected chi connectivity index (χ1v) is 3.25. The van der Waals surface area contributed by atoms with Crippen molar-refractivity contribution in [1.29, 1.82) is 0 Å². The van der Waals surface area contributed by atoms with Crippen molar-refractivity contribution >= 4 is 5.97 Å². The van der Waals surface area contributed by atoms with Crippen molar-refractivity contribution in [1.82, 2.24) is 0 Å². The summed E-state index contributed by atoms with van der Waals surface area (Å²) in [6, 6.07) is 0. The average Bonchev–Trinajstić information content (AvgIpc) is 1.88. The third kappa shape index (κ3) is 1.63. The molecule has 0 atom stereocenters. The molecule has 0 saturated carbocycles. The average molecular weight is 127 g/mol. The third-order valence-electron chi connectivity index (χ3n) is 1.36. The van der Waals surface area contributed by atoms with Gasteiger partial charge in [0, 0.05) is 12.1 Å². The van der Waals surface area contributed by atoms with Gasteiger partial charge in [-0.25, -0.2) is 4.99 Å². The number of nitrogens with zero attached hydrogens (tertiary/aromatic N) is 1. The molecule has 0 unspecified atom stereocenters. The standard InChI is InChI=1S/C7H10FN/c1-2-6-4-3-5-7(8)9-6/h4H,2-3,5H2,1H3. The van der Waals surface area contributed by atoms with Crippen LogP contribution in [-0.4, -0.2) is 5.97 Å². The van der Waals surface area contributed by atoms with E-state index >= 15 is 0 Å². The molecule has 0 bridgehead atoms. The minimum atomic E-state index is -0.214. The zero-order chi connectivity index (χ0) is 6.69. The Morgan fingerprint density at radius 3 is 3.00 bits per heavy atom. The lowest BCUT2D eigenvalue weighted by Crippen LogP contribution is -1.95. The number of hydrogen-bond donors (Lipinski definition) is 0. The molecule has 0 aromatic carbocycles. The molecule has 50 valence electrons. The Bertz CT molecular complexity index is 158. The lowest BCUT2D eigenvalue weighted by Gasteiger charge is -2.03. The van der Waals surface area contributed by atoms with Gasteiger partial charge < -0.3 is 0 Å². The van der Waals surface area contributed by atoms with Crippen LogP contribution in [-0.2, 0) is 0 Å². The number of aliphatic imine (C=N–C) groups is 1. The van der Waals surface area contributed by atoms with Gasteiger partial charge in [0.2, 0.25) is 0 Å². The zero-order valence-electron chi connectivity index (χ0n) is 5.52. The first-order valence-electron chi connectivity index (χ1n) is 3.25. The van der Waals surface area contributed by atoms with Gasteiger partial charge in [0.1, 0.15) is 0 Å². The molecule has 1 heterocycles. The maximum Gasteiger partial charge on any atom is 0.189 e. The summed E-state index contributed by atoms with van der Waals surface area (Å²) in [5.41, 5.74) is 0.888. The van der Waals surface area contributed by atoms with Crippen molar-refractivity contribution in [2.45, 2.75) is 26.2 Å². The van der Waals surface area contributed by atoms with E-state index in [1.807, 2.05) is 13.0 Å². The Balaban J connectivity index is 2.63. The van der Waals surface area contributed by atoms with Crippen LogP contribution in [0.25, 0.3) is 0 Å². The highest BCUT2D eigenvalue weighted by molar-refractivity contribution is 5.76. The summed E-state index contributed by atoms with van der Waals surface area (Å²) in [6.45, 7) is 1.98. The van der Waals surface area contributed by atoms with Gasteiger partial charge in [-0.2, -0.15) is 4.39 Å². The zero-order valence-corrected chi connectivity index (χ0v) is 5.52. The smallest absolute Gasteiger partial charge is 0.189 e. The molecule has 0 N–H and O–H groups in total. The second kappa shape index (κ2) is 2.76. The maximum absolute atomic E-state index is 12.3. The Morgan fingerprint density at radius 1 is 1.78 bits per heavy atom. The molecule has 1 aliphatic rings. The molecular formula is C7H10FN. The summed E-state index contributed by atoms with van der Waals surface area (Å²) in [4.78, 5) is 3.71. The summed E-state index contributed by atoms with van der Waals surface area (Å²) in [6.07, 6.45) is 4.14. The van der Waals surface area contributed by atoms with Crippen molar-refractivity contribution in [3.05, 3.63) is 11.8 Å². The highest BCUT2D eigenvalue weighted by Gasteiger charge is 2.02. The SMILES string of the molecule is CCC1=CCCC(F)=N1. The van der Waals surface area contributed by atoms with Crippen LogP contribution in [0.4, 0.5) is 4.39 Å². The first kappa shape index (κ1) is 6.46. The summed E-state index contributed by atoms with van der Waals surface area (Å²) in [5.74, 6) is -0.214. The van der Waals surface area contributed by atoms with Crippen molar-refractivity contribution < 1.29 is 4.39 Å². The molecule has 9 heavy (non-hydrogen) atoms. The van der Waals surface area contributed by atoms with Crippen LogP contribution in [0.5, 0.6) is 0 Å². The number of halogens is 1. The van der Waals surface area contributed by atoms with Crippen LogP contribution >= 0.6 is 0 Å². The van der Waals surface area contributed by atoms with E-state index in [2.05, 4.69) is 4.99 Å². The Kier molecular flexibility index (Phi) is 1.98. The predicted octanol–water partition coefficient (Wildman–Crippen LogP) is 2.44. The van der Waals surface area contributed by atoms with E-state index in [-0.39, 0.29) is 5.97 Å². The van der Waals surface area contributed by atoms with Gasteiger partial charge >= 0.3 is 0 Å². The van der Waals surface area contributed by atoms with Gasteiger partial charge in [0.15, 0.2) is 5.97 Å². The van der Waals surface area contributed by atoms with E-state index < -0.39 is 0 Å². The molecule has 0 amide bonds. The summed E-state index contributed by atoms with van der Waals surface area (Å²) < 4.78 is 12.3. The molecule has 1 rings (SSSR count). The van der Waals surface area contributed by atoms with Gasteiger partial charge in [-0.05, 0) is 12.8 Å². The van der Waals surface area contributed by atoms with Crippen LogP contribution in [0.15, 0.2) is 16.8 Å². The fourth-order valence-corrected chi connectivity index (χ4v) is 0.839. The van der Waals surface area contributed by atoms with Gasteiger partial charge in [0.05, 0.1) is 0 Å². The van der Waals surface area contributed by atoms with Crippen molar-refractivity contribution in [3.8, 4) is 0 Å². The Morgan fingerprint density at radius 2 is 2.56 bits per heavy atom. The monoisotopic (exact) mass is 127 g/mol. The van der Waals surface area contributed by atoms with Crippen molar-refractivity contribution in [2.24, 2.45) is 4.99 Å². The van der Waals surface area contributed by atoms with Gasteiger partial charge in [-0.1, -0.05) is 13.0 Å². The first-order chi connectivity index (χ1) is 4.33. The summed E-state index contributed by atoms with van der Waals surface area (Å²) in [5, 5.41) is 0. The van der Waals surface area contributed by atoms with Crippen LogP contribution in [0.3, 0.4) is 0 Å². The molecule has 0 aromatic rings.